The number of aliphatic carboxylic acids is 1. The van der Waals surface area contributed by atoms with Gasteiger partial charge in [-0.15, -0.1) is 0 Å². The fourth-order valence-electron chi connectivity index (χ4n) is 1.70. The lowest BCUT2D eigenvalue weighted by Crippen LogP contribution is -2.38. The maximum Gasteiger partial charge on any atom is 0.387 e. The molecule has 20 heavy (non-hydrogen) atoms. The zero-order valence-electron chi connectivity index (χ0n) is 11.2. The van der Waals surface area contributed by atoms with Crippen molar-refractivity contribution in [2.24, 2.45) is 0 Å². The highest BCUT2D eigenvalue weighted by Crippen LogP contribution is 2.26. The van der Waals surface area contributed by atoms with E-state index < -0.39 is 24.5 Å². The van der Waals surface area contributed by atoms with Gasteiger partial charge in [0.25, 0.3) is 5.91 Å². The van der Waals surface area contributed by atoms with Crippen molar-refractivity contribution in [2.75, 3.05) is 0 Å². The van der Waals surface area contributed by atoms with E-state index >= 15 is 0 Å². The van der Waals surface area contributed by atoms with E-state index in [2.05, 4.69) is 10.1 Å². The number of hydrogen-bond donors (Lipinski definition) is 2. The minimum atomic E-state index is -2.95. The second-order valence-corrected chi connectivity index (χ2v) is 4.35. The molecule has 0 heterocycles. The van der Waals surface area contributed by atoms with E-state index in [-0.39, 0.29) is 11.3 Å². The number of carbonyl (C=O) groups excluding carboxylic acids is 1. The first-order valence-corrected chi connectivity index (χ1v) is 5.82. The number of carbonyl (C=O) groups is 2. The van der Waals surface area contributed by atoms with E-state index in [9.17, 15) is 18.4 Å². The molecule has 1 aromatic rings. The normalized spacial score (nSPS) is 12.1. The maximum atomic E-state index is 12.2. The summed E-state index contributed by atoms with van der Waals surface area (Å²) in [4.78, 5) is 22.5. The van der Waals surface area contributed by atoms with E-state index in [1.807, 2.05) is 0 Å². The molecule has 1 aromatic carbocycles. The van der Waals surface area contributed by atoms with Gasteiger partial charge in [0.15, 0.2) is 0 Å². The number of alkyl halides is 2. The van der Waals surface area contributed by atoms with E-state index in [0.29, 0.717) is 11.1 Å². The highest BCUT2D eigenvalue weighted by molar-refractivity contribution is 5.97. The third-order valence-electron chi connectivity index (χ3n) is 2.65. The average molecular weight is 287 g/mol. The zero-order chi connectivity index (χ0) is 15.4. The summed E-state index contributed by atoms with van der Waals surface area (Å²) in [5.74, 6) is -1.73. The van der Waals surface area contributed by atoms with Crippen molar-refractivity contribution in [3.05, 3.63) is 28.8 Å². The van der Waals surface area contributed by atoms with Crippen molar-refractivity contribution in [2.45, 2.75) is 33.4 Å². The van der Waals surface area contributed by atoms with Crippen LogP contribution in [0.3, 0.4) is 0 Å². The van der Waals surface area contributed by atoms with Crippen LogP contribution in [0.15, 0.2) is 12.1 Å². The molecule has 1 unspecified atom stereocenters. The predicted molar refractivity (Wildman–Crippen MR) is 67.1 cm³/mol. The second-order valence-electron chi connectivity index (χ2n) is 4.35. The minimum Gasteiger partial charge on any atom is -0.480 e. The molecule has 110 valence electrons. The van der Waals surface area contributed by atoms with Crippen molar-refractivity contribution < 1.29 is 28.2 Å². The molecule has 7 heteroatoms. The van der Waals surface area contributed by atoms with Gasteiger partial charge in [-0.2, -0.15) is 8.78 Å². The summed E-state index contributed by atoms with van der Waals surface area (Å²) in [6, 6.07) is 1.70. The summed E-state index contributed by atoms with van der Waals surface area (Å²) in [5, 5.41) is 11.0. The molecule has 0 aliphatic carbocycles. The Morgan fingerprint density at radius 3 is 2.15 bits per heavy atom. The van der Waals surface area contributed by atoms with E-state index in [1.54, 1.807) is 0 Å². The van der Waals surface area contributed by atoms with Crippen molar-refractivity contribution in [1.82, 2.24) is 5.32 Å². The highest BCUT2D eigenvalue weighted by atomic mass is 19.3. The van der Waals surface area contributed by atoms with Gasteiger partial charge in [-0.25, -0.2) is 0 Å². The first kappa shape index (κ1) is 15.9. The minimum absolute atomic E-state index is 0.0165. The molecule has 0 radical (unpaired) electrons. The fourth-order valence-corrected chi connectivity index (χ4v) is 1.70. The van der Waals surface area contributed by atoms with Gasteiger partial charge >= 0.3 is 12.6 Å². The van der Waals surface area contributed by atoms with Crippen LogP contribution in [-0.2, 0) is 4.79 Å². The van der Waals surface area contributed by atoms with Crippen LogP contribution in [-0.4, -0.2) is 29.6 Å². The van der Waals surface area contributed by atoms with Crippen LogP contribution in [0.25, 0.3) is 0 Å². The van der Waals surface area contributed by atoms with Gasteiger partial charge in [-0.1, -0.05) is 0 Å². The number of benzene rings is 1. The fraction of sp³-hybridized carbons (Fsp3) is 0.385. The van der Waals surface area contributed by atoms with Crippen molar-refractivity contribution in [1.29, 1.82) is 0 Å². The molecule has 0 aromatic heterocycles. The number of carboxylic acid groups (broad SMARTS) is 1. The van der Waals surface area contributed by atoms with Crippen LogP contribution in [0.2, 0.25) is 0 Å². The predicted octanol–water partition coefficient (Wildman–Crippen LogP) is 2.11. The van der Waals surface area contributed by atoms with Crippen LogP contribution in [0.4, 0.5) is 8.78 Å². The van der Waals surface area contributed by atoms with Gasteiger partial charge in [-0.05, 0) is 44.0 Å². The SMILES string of the molecule is Cc1cc(C(=O)NC(C)C(=O)O)cc(C)c1OC(F)F. The molecule has 0 aliphatic heterocycles. The molecule has 0 saturated heterocycles. The molecule has 0 fully saturated rings. The quantitative estimate of drug-likeness (QED) is 0.869. The Balaban J connectivity index is 2.98. The van der Waals surface area contributed by atoms with Crippen molar-refractivity contribution >= 4 is 11.9 Å². The molecule has 0 aliphatic rings. The number of amides is 1. The molecular formula is C13H15F2NO4. The zero-order valence-corrected chi connectivity index (χ0v) is 11.2. The first-order valence-electron chi connectivity index (χ1n) is 5.82. The largest absolute Gasteiger partial charge is 0.480 e. The molecule has 2 N–H and O–H groups in total. The molecular weight excluding hydrogens is 272 g/mol. The lowest BCUT2D eigenvalue weighted by molar-refractivity contribution is -0.138. The number of halogens is 2. The molecule has 0 saturated carbocycles. The Kier molecular flexibility index (Phi) is 5.01. The van der Waals surface area contributed by atoms with E-state index in [4.69, 9.17) is 5.11 Å². The molecule has 0 spiro atoms. The summed E-state index contributed by atoms with van der Waals surface area (Å²) in [6.07, 6.45) is 0. The van der Waals surface area contributed by atoms with E-state index in [0.717, 1.165) is 0 Å². The van der Waals surface area contributed by atoms with Crippen molar-refractivity contribution in [3.63, 3.8) is 0 Å². The summed E-state index contributed by atoms with van der Waals surface area (Å²) < 4.78 is 28.8. The Bertz CT molecular complexity index is 508. The van der Waals surface area contributed by atoms with Crippen LogP contribution in [0, 0.1) is 13.8 Å². The van der Waals surface area contributed by atoms with Gasteiger partial charge in [0.2, 0.25) is 0 Å². The number of carboxylic acids is 1. The van der Waals surface area contributed by atoms with E-state index in [1.165, 1.54) is 32.9 Å². The first-order chi connectivity index (χ1) is 9.22. The number of nitrogens with one attached hydrogen (secondary N) is 1. The summed E-state index contributed by atoms with van der Waals surface area (Å²) in [6.45, 7) is 1.44. The Morgan fingerprint density at radius 1 is 1.25 bits per heavy atom. The molecule has 1 atom stereocenters. The number of rotatable bonds is 5. The van der Waals surface area contributed by atoms with Gasteiger partial charge in [0.1, 0.15) is 11.8 Å². The molecule has 1 amide bonds. The number of aryl methyl sites for hydroxylation is 2. The second kappa shape index (κ2) is 6.31. The lowest BCUT2D eigenvalue weighted by atomic mass is 10.0. The Morgan fingerprint density at radius 2 is 1.75 bits per heavy atom. The van der Waals surface area contributed by atoms with Crippen LogP contribution in [0.1, 0.15) is 28.4 Å². The maximum absolute atomic E-state index is 12.2. The lowest BCUT2D eigenvalue weighted by Gasteiger charge is -2.14. The Hall–Kier alpha value is -2.18. The highest BCUT2D eigenvalue weighted by Gasteiger charge is 2.18. The molecule has 5 nitrogen and oxygen atoms in total. The monoisotopic (exact) mass is 287 g/mol. The standard InChI is InChI=1S/C13H15F2NO4/c1-6-4-9(11(17)16-8(3)12(18)19)5-7(2)10(6)20-13(14)15/h4-5,8,13H,1-3H3,(H,16,17)(H,18,19). The van der Waals surface area contributed by atoms with Gasteiger partial charge in [0, 0.05) is 5.56 Å². The third-order valence-corrected chi connectivity index (χ3v) is 2.65. The van der Waals surface area contributed by atoms with Gasteiger partial charge in [-0.3, -0.25) is 9.59 Å². The molecule has 1 rings (SSSR count). The third kappa shape index (κ3) is 3.91. The van der Waals surface area contributed by atoms with Crippen LogP contribution < -0.4 is 10.1 Å². The molecule has 0 bridgehead atoms. The van der Waals surface area contributed by atoms with Crippen molar-refractivity contribution in [3.8, 4) is 5.75 Å². The summed E-state index contributed by atoms with van der Waals surface area (Å²) in [5.41, 5.74) is 0.937. The summed E-state index contributed by atoms with van der Waals surface area (Å²) >= 11 is 0. The van der Waals surface area contributed by atoms with Gasteiger partial charge in [0.05, 0.1) is 0 Å². The van der Waals surface area contributed by atoms with Crippen LogP contribution in [0.5, 0.6) is 5.75 Å². The smallest absolute Gasteiger partial charge is 0.387 e. The summed E-state index contributed by atoms with van der Waals surface area (Å²) in [7, 11) is 0. The van der Waals surface area contributed by atoms with Crippen LogP contribution >= 0.6 is 0 Å². The topological polar surface area (TPSA) is 75.6 Å². The number of hydrogen-bond acceptors (Lipinski definition) is 3. The van der Waals surface area contributed by atoms with Gasteiger partial charge < -0.3 is 15.2 Å². The Labute approximate surface area is 114 Å². The number of ether oxygens (including phenoxy) is 1. The average Bonchev–Trinajstić information content (AvgIpc) is 2.32.